The van der Waals surface area contributed by atoms with E-state index in [4.69, 9.17) is 4.98 Å². The largest absolute Gasteiger partial charge is 0.310 e. The monoisotopic (exact) mass is 298 g/mol. The van der Waals surface area contributed by atoms with Crippen LogP contribution >= 0.6 is 11.3 Å². The van der Waals surface area contributed by atoms with Gasteiger partial charge in [0.1, 0.15) is 5.01 Å². The maximum atomic E-state index is 4.71. The fraction of sp³-hybridized carbons (Fsp3) is 0.389. The second-order valence-electron chi connectivity index (χ2n) is 5.53. The van der Waals surface area contributed by atoms with Crippen molar-refractivity contribution in [2.75, 3.05) is 6.54 Å². The van der Waals surface area contributed by atoms with Crippen LogP contribution in [0.1, 0.15) is 37.1 Å². The molecule has 2 nitrogen and oxygen atoms in total. The standard InChI is InChI=1S/C18H22N2S/c1-3-7-15(8-4-1)11-12-19-13-18-20-17(14-21-18)16-9-5-2-6-10-16/h2,5-7,9-10,14,19H,1,3-4,8,11-13H2. The number of allylic oxidation sites excluding steroid dienone is 1. The van der Waals surface area contributed by atoms with Gasteiger partial charge in [-0.2, -0.15) is 0 Å². The lowest BCUT2D eigenvalue weighted by Gasteiger charge is -2.12. The van der Waals surface area contributed by atoms with Crippen LogP contribution < -0.4 is 5.32 Å². The van der Waals surface area contributed by atoms with Crippen LogP contribution in [0, 0.1) is 0 Å². The molecule has 0 fully saturated rings. The van der Waals surface area contributed by atoms with Gasteiger partial charge in [-0.05, 0) is 38.6 Å². The number of aromatic nitrogens is 1. The molecule has 0 saturated carbocycles. The van der Waals surface area contributed by atoms with E-state index in [1.807, 2.05) is 6.07 Å². The van der Waals surface area contributed by atoms with Crippen molar-refractivity contribution in [1.29, 1.82) is 0 Å². The Morgan fingerprint density at radius 1 is 1.14 bits per heavy atom. The van der Waals surface area contributed by atoms with E-state index >= 15 is 0 Å². The highest BCUT2D eigenvalue weighted by molar-refractivity contribution is 7.09. The molecule has 1 aromatic heterocycles. The van der Waals surface area contributed by atoms with E-state index in [2.05, 4.69) is 41.0 Å². The van der Waals surface area contributed by atoms with Crippen LogP contribution in [0.25, 0.3) is 11.3 Å². The van der Waals surface area contributed by atoms with Crippen LogP contribution in [0.4, 0.5) is 0 Å². The quantitative estimate of drug-likeness (QED) is 0.612. The normalized spacial score (nSPS) is 15.0. The average molecular weight is 298 g/mol. The van der Waals surface area contributed by atoms with Crippen LogP contribution in [0.15, 0.2) is 47.4 Å². The maximum Gasteiger partial charge on any atom is 0.107 e. The van der Waals surface area contributed by atoms with E-state index in [-0.39, 0.29) is 0 Å². The lowest BCUT2D eigenvalue weighted by molar-refractivity contribution is 0.631. The summed E-state index contributed by atoms with van der Waals surface area (Å²) in [5.74, 6) is 0. The van der Waals surface area contributed by atoms with E-state index in [0.29, 0.717) is 0 Å². The molecule has 0 saturated heterocycles. The average Bonchev–Trinajstić information content (AvgIpc) is 3.02. The molecule has 0 radical (unpaired) electrons. The third-order valence-electron chi connectivity index (χ3n) is 3.91. The zero-order valence-corrected chi connectivity index (χ0v) is 13.2. The second-order valence-corrected chi connectivity index (χ2v) is 6.47. The highest BCUT2D eigenvalue weighted by atomic mass is 32.1. The zero-order chi connectivity index (χ0) is 14.3. The Kier molecular flexibility index (Phi) is 5.19. The Balaban J connectivity index is 1.46. The van der Waals surface area contributed by atoms with Crippen molar-refractivity contribution in [3.63, 3.8) is 0 Å². The van der Waals surface area contributed by atoms with Crippen molar-refractivity contribution in [3.05, 3.63) is 52.4 Å². The molecule has 21 heavy (non-hydrogen) atoms. The first-order chi connectivity index (χ1) is 10.4. The Hall–Kier alpha value is -1.45. The van der Waals surface area contributed by atoms with Crippen molar-refractivity contribution in [2.24, 2.45) is 0 Å². The Bertz CT molecular complexity index is 586. The zero-order valence-electron chi connectivity index (χ0n) is 12.3. The molecule has 2 aromatic rings. The van der Waals surface area contributed by atoms with Gasteiger partial charge in [-0.3, -0.25) is 0 Å². The van der Waals surface area contributed by atoms with Crippen molar-refractivity contribution in [1.82, 2.24) is 10.3 Å². The number of rotatable bonds is 6. The van der Waals surface area contributed by atoms with Gasteiger partial charge in [0.2, 0.25) is 0 Å². The molecule has 1 N–H and O–H groups in total. The predicted octanol–water partition coefficient (Wildman–Crippen LogP) is 4.79. The number of thiazole rings is 1. The first-order valence-corrected chi connectivity index (χ1v) is 8.68. The summed E-state index contributed by atoms with van der Waals surface area (Å²) in [4.78, 5) is 4.71. The molecule has 1 aliphatic carbocycles. The first-order valence-electron chi connectivity index (χ1n) is 7.80. The predicted molar refractivity (Wildman–Crippen MR) is 90.4 cm³/mol. The van der Waals surface area contributed by atoms with Gasteiger partial charge >= 0.3 is 0 Å². The molecule has 0 amide bonds. The molecule has 0 aliphatic heterocycles. The summed E-state index contributed by atoms with van der Waals surface area (Å²) < 4.78 is 0. The van der Waals surface area contributed by atoms with Gasteiger partial charge in [0, 0.05) is 17.5 Å². The number of nitrogens with zero attached hydrogens (tertiary/aromatic N) is 1. The van der Waals surface area contributed by atoms with Gasteiger partial charge in [-0.15, -0.1) is 11.3 Å². The fourth-order valence-corrected chi connectivity index (χ4v) is 3.48. The summed E-state index contributed by atoms with van der Waals surface area (Å²) in [5.41, 5.74) is 3.93. The van der Waals surface area contributed by atoms with Crippen LogP contribution in [-0.4, -0.2) is 11.5 Å². The van der Waals surface area contributed by atoms with Crippen molar-refractivity contribution in [2.45, 2.75) is 38.6 Å². The summed E-state index contributed by atoms with van der Waals surface area (Å²) in [6.45, 7) is 1.94. The first kappa shape index (κ1) is 14.5. The summed E-state index contributed by atoms with van der Waals surface area (Å²) in [6, 6.07) is 10.4. The number of nitrogens with one attached hydrogen (secondary N) is 1. The Morgan fingerprint density at radius 2 is 2.05 bits per heavy atom. The minimum absolute atomic E-state index is 0.880. The fourth-order valence-electron chi connectivity index (χ4n) is 2.71. The van der Waals surface area contributed by atoms with Crippen LogP contribution in [0.2, 0.25) is 0 Å². The van der Waals surface area contributed by atoms with E-state index in [0.717, 1.165) is 18.8 Å². The molecule has 1 heterocycles. The summed E-state index contributed by atoms with van der Waals surface area (Å²) in [7, 11) is 0. The minimum atomic E-state index is 0.880. The van der Waals surface area contributed by atoms with E-state index in [1.165, 1.54) is 42.7 Å². The lowest BCUT2D eigenvalue weighted by atomic mass is 9.97. The summed E-state index contributed by atoms with van der Waals surface area (Å²) in [6.07, 6.45) is 8.95. The molecule has 3 rings (SSSR count). The number of hydrogen-bond acceptors (Lipinski definition) is 3. The molecule has 110 valence electrons. The molecular weight excluding hydrogens is 276 g/mol. The molecule has 0 unspecified atom stereocenters. The second kappa shape index (κ2) is 7.53. The van der Waals surface area contributed by atoms with Crippen LogP contribution in [0.5, 0.6) is 0 Å². The summed E-state index contributed by atoms with van der Waals surface area (Å²) >= 11 is 1.74. The summed E-state index contributed by atoms with van der Waals surface area (Å²) in [5, 5.41) is 6.84. The third kappa shape index (κ3) is 4.26. The molecule has 1 aliphatic rings. The molecular formula is C18H22N2S. The molecule has 0 atom stereocenters. The number of benzene rings is 1. The van der Waals surface area contributed by atoms with E-state index in [9.17, 15) is 0 Å². The SMILES string of the molecule is C1=C(CCNCc2nc(-c3ccccc3)cs2)CCCC1. The van der Waals surface area contributed by atoms with Gasteiger partial charge in [-0.25, -0.2) is 4.98 Å². The molecule has 0 spiro atoms. The van der Waals surface area contributed by atoms with Gasteiger partial charge in [-0.1, -0.05) is 42.0 Å². The smallest absolute Gasteiger partial charge is 0.107 e. The van der Waals surface area contributed by atoms with Gasteiger partial charge < -0.3 is 5.32 Å². The highest BCUT2D eigenvalue weighted by Crippen LogP contribution is 2.22. The third-order valence-corrected chi connectivity index (χ3v) is 4.75. The van der Waals surface area contributed by atoms with Gasteiger partial charge in [0.25, 0.3) is 0 Å². The van der Waals surface area contributed by atoms with Gasteiger partial charge in [0.05, 0.1) is 5.69 Å². The minimum Gasteiger partial charge on any atom is -0.310 e. The molecule has 1 aromatic carbocycles. The van der Waals surface area contributed by atoms with Crippen molar-refractivity contribution >= 4 is 11.3 Å². The number of hydrogen-bond donors (Lipinski definition) is 1. The Morgan fingerprint density at radius 3 is 2.86 bits per heavy atom. The van der Waals surface area contributed by atoms with Crippen LogP contribution in [0.3, 0.4) is 0 Å². The molecule has 3 heteroatoms. The topological polar surface area (TPSA) is 24.9 Å². The van der Waals surface area contributed by atoms with E-state index < -0.39 is 0 Å². The van der Waals surface area contributed by atoms with Gasteiger partial charge in [0.15, 0.2) is 0 Å². The lowest BCUT2D eigenvalue weighted by Crippen LogP contribution is -2.15. The Labute approximate surface area is 130 Å². The van der Waals surface area contributed by atoms with E-state index in [1.54, 1.807) is 16.9 Å². The maximum absolute atomic E-state index is 4.71. The van der Waals surface area contributed by atoms with Crippen LogP contribution in [-0.2, 0) is 6.54 Å². The van der Waals surface area contributed by atoms with Crippen molar-refractivity contribution in [3.8, 4) is 11.3 Å². The highest BCUT2D eigenvalue weighted by Gasteiger charge is 2.05. The van der Waals surface area contributed by atoms with Crippen molar-refractivity contribution < 1.29 is 0 Å². The molecule has 0 bridgehead atoms.